The molecule has 0 fully saturated rings. The maximum atomic E-state index is 12.2. The normalized spacial score (nSPS) is 15.9. The van der Waals surface area contributed by atoms with Gasteiger partial charge in [0.25, 0.3) is 0 Å². The highest BCUT2D eigenvalue weighted by Crippen LogP contribution is 2.36. The van der Waals surface area contributed by atoms with Gasteiger partial charge < -0.3 is 11.1 Å². The van der Waals surface area contributed by atoms with Crippen LogP contribution in [-0.4, -0.2) is 20.7 Å². The first-order valence-corrected chi connectivity index (χ1v) is 9.30. The van der Waals surface area contributed by atoms with E-state index < -0.39 is 11.9 Å². The zero-order valence-corrected chi connectivity index (χ0v) is 16.6. The van der Waals surface area contributed by atoms with E-state index in [0.29, 0.717) is 28.1 Å². The molecular formula is C21H20ClN5O. The van der Waals surface area contributed by atoms with Gasteiger partial charge in [-0.2, -0.15) is 4.98 Å². The van der Waals surface area contributed by atoms with Gasteiger partial charge in [0.2, 0.25) is 11.9 Å². The van der Waals surface area contributed by atoms with Crippen LogP contribution in [0.25, 0.3) is 11.4 Å². The van der Waals surface area contributed by atoms with Gasteiger partial charge in [-0.1, -0.05) is 35.9 Å². The highest BCUT2D eigenvalue weighted by molar-refractivity contribution is 6.30. The summed E-state index contributed by atoms with van der Waals surface area (Å²) in [6.07, 6.45) is 0. The summed E-state index contributed by atoms with van der Waals surface area (Å²) in [4.78, 5) is 16.9. The minimum atomic E-state index is -0.501. The molecule has 4 rings (SSSR count). The lowest BCUT2D eigenvalue weighted by Gasteiger charge is -2.27. The molecule has 3 aromatic rings. The number of hydrogen-bond donors (Lipinski definition) is 2. The summed E-state index contributed by atoms with van der Waals surface area (Å²) in [6.45, 7) is 5.94. The van der Waals surface area contributed by atoms with Gasteiger partial charge in [-0.3, -0.25) is 4.79 Å². The van der Waals surface area contributed by atoms with Crippen molar-refractivity contribution in [3.05, 3.63) is 75.4 Å². The van der Waals surface area contributed by atoms with Gasteiger partial charge in [0.1, 0.15) is 6.04 Å². The van der Waals surface area contributed by atoms with E-state index in [1.807, 2.05) is 31.2 Å². The molecule has 1 aliphatic rings. The van der Waals surface area contributed by atoms with Crippen LogP contribution in [0.2, 0.25) is 5.02 Å². The van der Waals surface area contributed by atoms with Gasteiger partial charge in [-0.05, 0) is 55.7 Å². The van der Waals surface area contributed by atoms with Crippen molar-refractivity contribution in [2.45, 2.75) is 26.8 Å². The third-order valence-electron chi connectivity index (χ3n) is 5.07. The molecular weight excluding hydrogens is 374 g/mol. The zero-order valence-electron chi connectivity index (χ0n) is 15.8. The topological polar surface area (TPSA) is 85.8 Å². The van der Waals surface area contributed by atoms with Crippen molar-refractivity contribution >= 4 is 23.5 Å². The maximum absolute atomic E-state index is 12.2. The average Bonchev–Trinajstić information content (AvgIpc) is 3.07. The quantitative estimate of drug-likeness (QED) is 0.704. The Morgan fingerprint density at radius 3 is 2.46 bits per heavy atom. The fourth-order valence-electron chi connectivity index (χ4n) is 3.43. The predicted molar refractivity (Wildman–Crippen MR) is 110 cm³/mol. The predicted octanol–water partition coefficient (Wildman–Crippen LogP) is 3.99. The highest BCUT2D eigenvalue weighted by Gasteiger charge is 2.33. The minimum absolute atomic E-state index is 0.450. The number of nitrogens with one attached hydrogen (secondary N) is 1. The zero-order chi connectivity index (χ0) is 20.0. The van der Waals surface area contributed by atoms with Crippen LogP contribution in [-0.2, 0) is 4.79 Å². The maximum Gasteiger partial charge on any atom is 0.248 e. The van der Waals surface area contributed by atoms with Gasteiger partial charge in [0.05, 0.1) is 5.57 Å². The standard InChI is InChI=1S/C21H20ClN5O/c1-11-4-5-15(10-12(11)2)20-25-21-24-13(3)17(19(23)28)18(27(21)26-20)14-6-8-16(22)9-7-14/h4-10,18H,1-3H3,(H2,23,28)(H,24,25,26). The fraction of sp³-hybridized carbons (Fsp3) is 0.190. The molecule has 0 saturated heterocycles. The SMILES string of the molecule is CC1=C(C(N)=O)C(c2ccc(Cl)cc2)n2nc(-c3ccc(C)c(C)c3)nc2N1. The van der Waals surface area contributed by atoms with Crippen LogP contribution in [0.5, 0.6) is 0 Å². The largest absolute Gasteiger partial charge is 0.366 e. The van der Waals surface area contributed by atoms with Gasteiger partial charge >= 0.3 is 0 Å². The van der Waals surface area contributed by atoms with E-state index in [9.17, 15) is 4.79 Å². The minimum Gasteiger partial charge on any atom is -0.366 e. The molecule has 1 atom stereocenters. The Balaban J connectivity index is 1.87. The molecule has 6 nitrogen and oxygen atoms in total. The van der Waals surface area contributed by atoms with Crippen LogP contribution in [0.4, 0.5) is 5.95 Å². The number of carbonyl (C=O) groups excluding carboxylic acids is 1. The Morgan fingerprint density at radius 2 is 1.82 bits per heavy atom. The van der Waals surface area contributed by atoms with E-state index in [-0.39, 0.29) is 0 Å². The molecule has 0 saturated carbocycles. The number of hydrogen-bond acceptors (Lipinski definition) is 4. The summed E-state index contributed by atoms with van der Waals surface area (Å²) in [5.74, 6) is 0.651. The van der Waals surface area contributed by atoms with Crippen LogP contribution in [0.1, 0.15) is 29.7 Å². The van der Waals surface area contributed by atoms with Crippen LogP contribution in [0, 0.1) is 13.8 Å². The van der Waals surface area contributed by atoms with E-state index in [4.69, 9.17) is 22.4 Å². The van der Waals surface area contributed by atoms with E-state index in [1.165, 1.54) is 11.1 Å². The van der Waals surface area contributed by atoms with E-state index in [2.05, 4.69) is 30.2 Å². The fourth-order valence-corrected chi connectivity index (χ4v) is 3.55. The van der Waals surface area contributed by atoms with Gasteiger partial charge in [0.15, 0.2) is 5.82 Å². The number of amides is 1. The number of primary amides is 1. The van der Waals surface area contributed by atoms with E-state index in [0.717, 1.165) is 11.1 Å². The Morgan fingerprint density at radius 1 is 1.11 bits per heavy atom. The van der Waals surface area contributed by atoms with Gasteiger partial charge in [-0.15, -0.1) is 5.10 Å². The molecule has 142 valence electrons. The average molecular weight is 394 g/mol. The molecule has 0 bridgehead atoms. The molecule has 1 amide bonds. The van der Waals surface area contributed by atoms with Crippen molar-refractivity contribution in [1.82, 2.24) is 14.8 Å². The third kappa shape index (κ3) is 3.05. The molecule has 1 unspecified atom stereocenters. The number of halogens is 1. The number of carbonyl (C=O) groups is 1. The Bertz CT molecular complexity index is 1110. The summed E-state index contributed by atoms with van der Waals surface area (Å²) < 4.78 is 1.71. The second kappa shape index (κ2) is 6.80. The number of anilines is 1. The van der Waals surface area contributed by atoms with E-state index >= 15 is 0 Å². The number of fused-ring (bicyclic) bond motifs is 1. The summed E-state index contributed by atoms with van der Waals surface area (Å²) in [6, 6.07) is 12.9. The Kier molecular flexibility index (Phi) is 4.43. The second-order valence-electron chi connectivity index (χ2n) is 6.98. The summed E-state index contributed by atoms with van der Waals surface area (Å²) in [5.41, 5.74) is 11.0. The summed E-state index contributed by atoms with van der Waals surface area (Å²) in [7, 11) is 0. The van der Waals surface area contributed by atoms with Crippen molar-refractivity contribution in [2.75, 3.05) is 5.32 Å². The number of aryl methyl sites for hydroxylation is 2. The lowest BCUT2D eigenvalue weighted by Crippen LogP contribution is -2.31. The number of nitrogens with two attached hydrogens (primary N) is 1. The lowest BCUT2D eigenvalue weighted by atomic mass is 9.95. The van der Waals surface area contributed by atoms with Crippen molar-refractivity contribution in [1.29, 1.82) is 0 Å². The first kappa shape index (κ1) is 18.3. The number of rotatable bonds is 3. The molecule has 1 aromatic heterocycles. The molecule has 0 radical (unpaired) electrons. The molecule has 1 aliphatic heterocycles. The first-order valence-electron chi connectivity index (χ1n) is 8.92. The van der Waals surface area contributed by atoms with Crippen LogP contribution in [0.3, 0.4) is 0 Å². The third-order valence-corrected chi connectivity index (χ3v) is 5.32. The molecule has 28 heavy (non-hydrogen) atoms. The van der Waals surface area contributed by atoms with Crippen LogP contribution < -0.4 is 11.1 Å². The molecule has 0 aliphatic carbocycles. The van der Waals surface area contributed by atoms with Crippen molar-refractivity contribution in [3.63, 3.8) is 0 Å². The molecule has 2 aromatic carbocycles. The number of aromatic nitrogens is 3. The summed E-state index contributed by atoms with van der Waals surface area (Å²) in [5, 5.41) is 8.49. The van der Waals surface area contributed by atoms with Gasteiger partial charge in [-0.25, -0.2) is 4.68 Å². The molecule has 3 N–H and O–H groups in total. The molecule has 7 heteroatoms. The van der Waals surface area contributed by atoms with Crippen LogP contribution in [0.15, 0.2) is 53.7 Å². The lowest BCUT2D eigenvalue weighted by molar-refractivity contribution is -0.115. The second-order valence-corrected chi connectivity index (χ2v) is 7.42. The number of nitrogens with zero attached hydrogens (tertiary/aromatic N) is 3. The smallest absolute Gasteiger partial charge is 0.248 e. The first-order chi connectivity index (χ1) is 13.3. The van der Waals surface area contributed by atoms with E-state index in [1.54, 1.807) is 16.8 Å². The number of allylic oxidation sites excluding steroid dienone is 1. The van der Waals surface area contributed by atoms with Crippen LogP contribution >= 0.6 is 11.6 Å². The number of benzene rings is 2. The highest BCUT2D eigenvalue weighted by atomic mass is 35.5. The molecule has 2 heterocycles. The van der Waals surface area contributed by atoms with Crippen molar-refractivity contribution < 1.29 is 4.79 Å². The monoisotopic (exact) mass is 393 g/mol. The Labute approximate surface area is 168 Å². The molecule has 0 spiro atoms. The summed E-state index contributed by atoms with van der Waals surface area (Å²) >= 11 is 6.04. The van der Waals surface area contributed by atoms with Crippen molar-refractivity contribution in [2.24, 2.45) is 5.73 Å². The van der Waals surface area contributed by atoms with Gasteiger partial charge in [0, 0.05) is 16.3 Å². The Hall–Kier alpha value is -3.12. The van der Waals surface area contributed by atoms with Crippen molar-refractivity contribution in [3.8, 4) is 11.4 Å².